The summed E-state index contributed by atoms with van der Waals surface area (Å²) in [4.78, 5) is 0. The van der Waals surface area contributed by atoms with Crippen LogP contribution < -0.4 is 5.32 Å². The summed E-state index contributed by atoms with van der Waals surface area (Å²) in [6, 6.07) is 8.65. The van der Waals surface area contributed by atoms with E-state index in [0.29, 0.717) is 17.9 Å². The van der Waals surface area contributed by atoms with Crippen LogP contribution in [0.3, 0.4) is 0 Å². The zero-order valence-corrected chi connectivity index (χ0v) is 14.7. The van der Waals surface area contributed by atoms with Gasteiger partial charge in [-0.2, -0.15) is 0 Å². The Balaban J connectivity index is 2.54. The first kappa shape index (κ1) is 17.7. The third kappa shape index (κ3) is 7.41. The highest BCUT2D eigenvalue weighted by Crippen LogP contribution is 2.17. The average molecular weight is 342 g/mol. The molecule has 0 aliphatic rings. The van der Waals surface area contributed by atoms with E-state index >= 15 is 0 Å². The van der Waals surface area contributed by atoms with E-state index in [1.54, 1.807) is 7.11 Å². The van der Waals surface area contributed by atoms with Gasteiger partial charge < -0.3 is 10.1 Å². The van der Waals surface area contributed by atoms with Gasteiger partial charge in [0, 0.05) is 11.6 Å². The Kier molecular flexibility index (Phi) is 8.43. The lowest BCUT2D eigenvalue weighted by atomic mass is 9.93. The van der Waals surface area contributed by atoms with Crippen molar-refractivity contribution in [1.82, 2.24) is 5.32 Å². The molecule has 0 heterocycles. The minimum atomic E-state index is 0.316. The highest BCUT2D eigenvalue weighted by Gasteiger charge is 2.14. The number of hydrogen-bond donors (Lipinski definition) is 1. The molecule has 0 bridgehead atoms. The van der Waals surface area contributed by atoms with E-state index in [1.807, 2.05) is 0 Å². The van der Waals surface area contributed by atoms with E-state index in [2.05, 4.69) is 66.3 Å². The van der Waals surface area contributed by atoms with Crippen molar-refractivity contribution in [1.29, 1.82) is 0 Å². The van der Waals surface area contributed by atoms with Gasteiger partial charge in [0.15, 0.2) is 0 Å². The lowest BCUT2D eigenvalue weighted by Gasteiger charge is -2.21. The molecule has 0 radical (unpaired) electrons. The normalized spacial score (nSPS) is 14.5. The highest BCUT2D eigenvalue weighted by molar-refractivity contribution is 9.10. The van der Waals surface area contributed by atoms with Crippen molar-refractivity contribution in [3.63, 3.8) is 0 Å². The maximum atomic E-state index is 5.43. The van der Waals surface area contributed by atoms with Gasteiger partial charge in [0.1, 0.15) is 0 Å². The van der Waals surface area contributed by atoms with E-state index in [0.717, 1.165) is 30.4 Å². The van der Waals surface area contributed by atoms with Gasteiger partial charge in [0.05, 0.1) is 6.10 Å². The van der Waals surface area contributed by atoms with Gasteiger partial charge in [-0.15, -0.1) is 0 Å². The van der Waals surface area contributed by atoms with Crippen LogP contribution in [0.5, 0.6) is 0 Å². The molecule has 0 aliphatic heterocycles. The molecule has 0 aromatic heterocycles. The molecule has 0 saturated heterocycles. The molecule has 1 rings (SSSR count). The lowest BCUT2D eigenvalue weighted by molar-refractivity contribution is 0.0945. The highest BCUT2D eigenvalue weighted by atomic mass is 79.9. The van der Waals surface area contributed by atoms with Crippen molar-refractivity contribution in [2.75, 3.05) is 20.2 Å². The van der Waals surface area contributed by atoms with Gasteiger partial charge in [-0.05, 0) is 62.4 Å². The molecular weight excluding hydrogens is 314 g/mol. The second kappa shape index (κ2) is 9.54. The van der Waals surface area contributed by atoms with Gasteiger partial charge >= 0.3 is 0 Å². The second-order valence-corrected chi connectivity index (χ2v) is 6.95. The van der Waals surface area contributed by atoms with Crippen LogP contribution in [0.1, 0.15) is 32.8 Å². The largest absolute Gasteiger partial charge is 0.382 e. The first-order valence-corrected chi connectivity index (χ1v) is 8.28. The van der Waals surface area contributed by atoms with Crippen molar-refractivity contribution in [2.45, 2.75) is 39.7 Å². The summed E-state index contributed by atoms with van der Waals surface area (Å²) in [6.45, 7) is 8.78. The number of benzene rings is 1. The fourth-order valence-corrected chi connectivity index (χ4v) is 2.60. The predicted octanol–water partition coefficient (Wildman–Crippen LogP) is 4.28. The molecule has 1 N–H and O–H groups in total. The topological polar surface area (TPSA) is 21.3 Å². The molecule has 0 aliphatic carbocycles. The van der Waals surface area contributed by atoms with Gasteiger partial charge in [0.25, 0.3) is 0 Å². The first-order chi connectivity index (χ1) is 9.51. The molecule has 114 valence electrons. The van der Waals surface area contributed by atoms with Crippen LogP contribution in [0.15, 0.2) is 28.7 Å². The van der Waals surface area contributed by atoms with Crippen molar-refractivity contribution in [2.24, 2.45) is 11.8 Å². The minimum absolute atomic E-state index is 0.316. The Morgan fingerprint density at radius 2 is 1.75 bits per heavy atom. The zero-order chi connectivity index (χ0) is 15.0. The molecule has 1 aromatic rings. The Morgan fingerprint density at radius 1 is 1.10 bits per heavy atom. The van der Waals surface area contributed by atoms with Gasteiger partial charge in [0.2, 0.25) is 0 Å². The second-order valence-electron chi connectivity index (χ2n) is 6.03. The summed E-state index contributed by atoms with van der Waals surface area (Å²) in [5, 5.41) is 3.58. The predicted molar refractivity (Wildman–Crippen MR) is 90.1 cm³/mol. The Bertz CT molecular complexity index is 364. The summed E-state index contributed by atoms with van der Waals surface area (Å²) < 4.78 is 6.57. The molecule has 3 heteroatoms. The van der Waals surface area contributed by atoms with E-state index < -0.39 is 0 Å². The number of hydrogen-bond acceptors (Lipinski definition) is 2. The summed E-state index contributed by atoms with van der Waals surface area (Å²) in [5.74, 6) is 1.31. The van der Waals surface area contributed by atoms with Gasteiger partial charge in [-0.1, -0.05) is 41.9 Å². The Hall–Kier alpha value is -0.380. The molecule has 0 amide bonds. The van der Waals surface area contributed by atoms with Crippen molar-refractivity contribution in [3.05, 3.63) is 34.3 Å². The van der Waals surface area contributed by atoms with Gasteiger partial charge in [-0.3, -0.25) is 0 Å². The Morgan fingerprint density at radius 3 is 2.30 bits per heavy atom. The molecule has 0 fully saturated rings. The SMILES string of the molecule is COC(C)CC(CNCC(C)C)Cc1ccc(Br)cc1. The van der Waals surface area contributed by atoms with Crippen LogP contribution in [0, 0.1) is 11.8 Å². The number of nitrogens with one attached hydrogen (secondary N) is 1. The maximum Gasteiger partial charge on any atom is 0.0546 e. The monoisotopic (exact) mass is 341 g/mol. The van der Waals surface area contributed by atoms with Crippen LogP contribution in [0.25, 0.3) is 0 Å². The van der Waals surface area contributed by atoms with E-state index in [1.165, 1.54) is 5.56 Å². The van der Waals surface area contributed by atoms with Crippen molar-refractivity contribution in [3.8, 4) is 0 Å². The quantitative estimate of drug-likeness (QED) is 0.723. The third-order valence-electron chi connectivity index (χ3n) is 3.49. The molecule has 2 atom stereocenters. The third-order valence-corrected chi connectivity index (χ3v) is 4.02. The first-order valence-electron chi connectivity index (χ1n) is 7.49. The smallest absolute Gasteiger partial charge is 0.0546 e. The van der Waals surface area contributed by atoms with Crippen LogP contribution in [0.2, 0.25) is 0 Å². The molecule has 2 nitrogen and oxygen atoms in total. The number of halogens is 1. The standard InChI is InChI=1S/C17H28BrNO/c1-13(2)11-19-12-16(9-14(3)20-4)10-15-5-7-17(18)8-6-15/h5-8,13-14,16,19H,9-12H2,1-4H3. The summed E-state index contributed by atoms with van der Waals surface area (Å²) >= 11 is 3.49. The van der Waals surface area contributed by atoms with E-state index in [-0.39, 0.29) is 0 Å². The van der Waals surface area contributed by atoms with Crippen LogP contribution in [-0.4, -0.2) is 26.3 Å². The van der Waals surface area contributed by atoms with E-state index in [9.17, 15) is 0 Å². The maximum absolute atomic E-state index is 5.43. The summed E-state index contributed by atoms with van der Waals surface area (Å²) in [5.41, 5.74) is 1.40. The number of rotatable bonds is 9. The summed E-state index contributed by atoms with van der Waals surface area (Å²) in [7, 11) is 1.79. The molecular formula is C17H28BrNO. The van der Waals surface area contributed by atoms with Crippen molar-refractivity contribution < 1.29 is 4.74 Å². The molecule has 0 spiro atoms. The number of ether oxygens (including phenoxy) is 1. The molecule has 2 unspecified atom stereocenters. The van der Waals surface area contributed by atoms with Crippen molar-refractivity contribution >= 4 is 15.9 Å². The fraction of sp³-hybridized carbons (Fsp3) is 0.647. The lowest BCUT2D eigenvalue weighted by Crippen LogP contribution is -2.29. The molecule has 0 saturated carbocycles. The van der Waals surface area contributed by atoms with Gasteiger partial charge in [-0.25, -0.2) is 0 Å². The molecule has 20 heavy (non-hydrogen) atoms. The molecule has 1 aromatic carbocycles. The van der Waals surface area contributed by atoms with Crippen LogP contribution in [-0.2, 0) is 11.2 Å². The fourth-order valence-electron chi connectivity index (χ4n) is 2.33. The van der Waals surface area contributed by atoms with Crippen LogP contribution >= 0.6 is 15.9 Å². The minimum Gasteiger partial charge on any atom is -0.382 e. The summed E-state index contributed by atoms with van der Waals surface area (Å²) in [6.07, 6.45) is 2.51. The van der Waals surface area contributed by atoms with E-state index in [4.69, 9.17) is 4.74 Å². The number of methoxy groups -OCH3 is 1. The van der Waals surface area contributed by atoms with Crippen LogP contribution in [0.4, 0.5) is 0 Å². The Labute approximate surface area is 132 Å². The zero-order valence-electron chi connectivity index (χ0n) is 13.2. The average Bonchev–Trinajstić information content (AvgIpc) is 2.40.